The van der Waals surface area contributed by atoms with Crippen molar-refractivity contribution in [3.8, 4) is 5.69 Å². The highest BCUT2D eigenvalue weighted by atomic mass is 35.5. The number of carbonyl (C=O) groups excluding carboxylic acids is 1. The highest BCUT2D eigenvalue weighted by Gasteiger charge is 2.25. The minimum absolute atomic E-state index is 0.274. The minimum atomic E-state index is -0.743. The Labute approximate surface area is 190 Å². The SMILES string of the molecule is CCC(C(=O)NCc1ccccc1Cl)n1nc(C)c2nn(-c3ccccc3)c(C)c2c1=O. The lowest BCUT2D eigenvalue weighted by molar-refractivity contribution is -0.125. The smallest absolute Gasteiger partial charge is 0.278 e. The zero-order valence-corrected chi connectivity index (χ0v) is 18.9. The van der Waals surface area contributed by atoms with Gasteiger partial charge in [0.05, 0.1) is 22.5 Å². The van der Waals surface area contributed by atoms with Gasteiger partial charge in [-0.25, -0.2) is 9.36 Å². The van der Waals surface area contributed by atoms with E-state index in [9.17, 15) is 9.59 Å². The summed E-state index contributed by atoms with van der Waals surface area (Å²) in [5, 5.41) is 13.0. The molecule has 164 valence electrons. The van der Waals surface area contributed by atoms with Crippen LogP contribution in [0.1, 0.15) is 36.3 Å². The second-order valence-electron chi connectivity index (χ2n) is 7.62. The monoisotopic (exact) mass is 449 g/mol. The van der Waals surface area contributed by atoms with Gasteiger partial charge in [-0.05, 0) is 44.0 Å². The maximum Gasteiger partial charge on any atom is 0.278 e. The fourth-order valence-electron chi connectivity index (χ4n) is 3.82. The van der Waals surface area contributed by atoms with Crippen molar-refractivity contribution < 1.29 is 4.79 Å². The van der Waals surface area contributed by atoms with Crippen LogP contribution >= 0.6 is 11.6 Å². The number of halogens is 1. The fourth-order valence-corrected chi connectivity index (χ4v) is 4.03. The molecule has 1 atom stereocenters. The molecule has 0 aliphatic carbocycles. The first-order valence-corrected chi connectivity index (χ1v) is 10.9. The number of hydrogen-bond donors (Lipinski definition) is 1. The fraction of sp³-hybridized carbons (Fsp3) is 0.250. The van der Waals surface area contributed by atoms with Crippen LogP contribution in [0.2, 0.25) is 5.02 Å². The molecule has 2 aromatic carbocycles. The molecule has 0 aliphatic rings. The molecule has 0 saturated heterocycles. The first kappa shape index (κ1) is 21.8. The van der Waals surface area contributed by atoms with Gasteiger partial charge in [-0.1, -0.05) is 54.9 Å². The molecule has 32 heavy (non-hydrogen) atoms. The van der Waals surface area contributed by atoms with Crippen LogP contribution in [0, 0.1) is 13.8 Å². The quantitative estimate of drug-likeness (QED) is 0.480. The molecule has 8 heteroatoms. The number of para-hydroxylation sites is 1. The summed E-state index contributed by atoms with van der Waals surface area (Å²) < 4.78 is 3.02. The largest absolute Gasteiger partial charge is 0.350 e. The third-order valence-corrected chi connectivity index (χ3v) is 5.90. The molecule has 2 heterocycles. The normalized spacial score (nSPS) is 12.1. The standard InChI is InChI=1S/C24H24ClN5O2/c1-4-20(23(31)26-14-17-10-8-9-13-19(17)25)30-24(32)21-16(3)29(18-11-6-5-7-12-18)28-22(21)15(2)27-30/h5-13,20H,4,14H2,1-3H3,(H,26,31). The summed E-state index contributed by atoms with van der Waals surface area (Å²) in [4.78, 5) is 26.4. The molecule has 0 aliphatic heterocycles. The van der Waals surface area contributed by atoms with Crippen molar-refractivity contribution in [1.82, 2.24) is 24.9 Å². The van der Waals surface area contributed by atoms with Gasteiger partial charge in [0.15, 0.2) is 0 Å². The first-order valence-electron chi connectivity index (χ1n) is 10.5. The van der Waals surface area contributed by atoms with Crippen molar-refractivity contribution in [2.45, 2.75) is 39.8 Å². The number of amides is 1. The molecule has 1 amide bonds. The maximum atomic E-state index is 13.4. The minimum Gasteiger partial charge on any atom is -0.350 e. The first-order chi connectivity index (χ1) is 15.4. The topological polar surface area (TPSA) is 81.8 Å². The van der Waals surface area contributed by atoms with Crippen LogP contribution in [0.15, 0.2) is 59.4 Å². The Kier molecular flexibility index (Phi) is 6.10. The Hall–Kier alpha value is -3.45. The predicted octanol–water partition coefficient (Wildman–Crippen LogP) is 4.12. The lowest BCUT2D eigenvalue weighted by Gasteiger charge is -2.17. The van der Waals surface area contributed by atoms with Crippen LogP contribution in [0.5, 0.6) is 0 Å². The van der Waals surface area contributed by atoms with Gasteiger partial charge in [0.2, 0.25) is 5.91 Å². The summed E-state index contributed by atoms with van der Waals surface area (Å²) in [6.07, 6.45) is 0.415. The second-order valence-corrected chi connectivity index (χ2v) is 8.03. The molecule has 0 bridgehead atoms. The van der Waals surface area contributed by atoms with Crippen LogP contribution in [0.4, 0.5) is 0 Å². The van der Waals surface area contributed by atoms with E-state index < -0.39 is 6.04 Å². The highest BCUT2D eigenvalue weighted by Crippen LogP contribution is 2.21. The molecule has 1 N–H and O–H groups in total. The lowest BCUT2D eigenvalue weighted by atomic mass is 10.1. The molecule has 0 saturated carbocycles. The number of aryl methyl sites for hydroxylation is 2. The van der Waals surface area contributed by atoms with E-state index in [2.05, 4.69) is 15.5 Å². The van der Waals surface area contributed by atoms with Gasteiger partial charge in [-0.15, -0.1) is 0 Å². The summed E-state index contributed by atoms with van der Waals surface area (Å²) in [7, 11) is 0. The van der Waals surface area contributed by atoms with Crippen LogP contribution in [0.3, 0.4) is 0 Å². The van der Waals surface area contributed by atoms with Gasteiger partial charge < -0.3 is 5.32 Å². The zero-order valence-electron chi connectivity index (χ0n) is 18.2. The van der Waals surface area contributed by atoms with Crippen molar-refractivity contribution in [2.75, 3.05) is 0 Å². The van der Waals surface area contributed by atoms with Crippen molar-refractivity contribution in [1.29, 1.82) is 0 Å². The van der Waals surface area contributed by atoms with E-state index in [0.717, 1.165) is 11.3 Å². The van der Waals surface area contributed by atoms with Gasteiger partial charge in [0, 0.05) is 11.6 Å². The van der Waals surface area contributed by atoms with Gasteiger partial charge in [0.1, 0.15) is 11.6 Å². The molecule has 4 aromatic rings. The third-order valence-electron chi connectivity index (χ3n) is 5.53. The van der Waals surface area contributed by atoms with E-state index in [0.29, 0.717) is 33.7 Å². The van der Waals surface area contributed by atoms with Crippen LogP contribution in [-0.4, -0.2) is 25.5 Å². The second kappa shape index (κ2) is 8.96. The number of rotatable bonds is 6. The average molecular weight is 450 g/mol. The molecule has 1 unspecified atom stereocenters. The van der Waals surface area contributed by atoms with E-state index in [-0.39, 0.29) is 18.0 Å². The molecule has 7 nitrogen and oxygen atoms in total. The van der Waals surface area contributed by atoms with Crippen molar-refractivity contribution in [3.05, 3.63) is 86.9 Å². The third kappa shape index (κ3) is 3.91. The average Bonchev–Trinajstić information content (AvgIpc) is 3.15. The Bertz CT molecular complexity index is 1340. The summed E-state index contributed by atoms with van der Waals surface area (Å²) in [6.45, 7) is 5.78. The number of carbonyl (C=O) groups is 1. The molecule has 0 radical (unpaired) electrons. The van der Waals surface area contributed by atoms with Gasteiger partial charge in [-0.2, -0.15) is 10.2 Å². The number of hydrogen-bond acceptors (Lipinski definition) is 4. The number of aromatic nitrogens is 4. The molecular formula is C24H24ClN5O2. The molecule has 2 aromatic heterocycles. The Morgan fingerprint density at radius 3 is 2.44 bits per heavy atom. The number of fused-ring (bicyclic) bond motifs is 1. The molecule has 0 fully saturated rings. The number of nitrogens with one attached hydrogen (secondary N) is 1. The van der Waals surface area contributed by atoms with Crippen LogP contribution < -0.4 is 10.9 Å². The number of nitrogens with zero attached hydrogens (tertiary/aromatic N) is 4. The van der Waals surface area contributed by atoms with Gasteiger partial charge in [-0.3, -0.25) is 9.59 Å². The van der Waals surface area contributed by atoms with Crippen molar-refractivity contribution in [2.24, 2.45) is 0 Å². The lowest BCUT2D eigenvalue weighted by Crippen LogP contribution is -2.38. The summed E-state index contributed by atoms with van der Waals surface area (Å²) in [5.74, 6) is -0.283. The number of benzene rings is 2. The molecular weight excluding hydrogens is 426 g/mol. The van der Waals surface area contributed by atoms with E-state index in [1.807, 2.05) is 62.4 Å². The molecule has 0 spiro atoms. The maximum absolute atomic E-state index is 13.4. The van der Waals surface area contributed by atoms with Crippen LogP contribution in [0.25, 0.3) is 16.6 Å². The predicted molar refractivity (Wildman–Crippen MR) is 125 cm³/mol. The highest BCUT2D eigenvalue weighted by molar-refractivity contribution is 6.31. The Balaban J connectivity index is 1.72. The van der Waals surface area contributed by atoms with E-state index >= 15 is 0 Å². The Morgan fingerprint density at radius 1 is 1.06 bits per heavy atom. The summed E-state index contributed by atoms with van der Waals surface area (Å²) in [6, 6.07) is 16.2. The molecule has 4 rings (SSSR count). The summed E-state index contributed by atoms with van der Waals surface area (Å²) in [5.41, 5.74) is 3.18. The van der Waals surface area contributed by atoms with Gasteiger partial charge in [0.25, 0.3) is 5.56 Å². The summed E-state index contributed by atoms with van der Waals surface area (Å²) >= 11 is 6.19. The van der Waals surface area contributed by atoms with E-state index in [1.54, 1.807) is 17.7 Å². The zero-order chi connectivity index (χ0) is 22.8. The van der Waals surface area contributed by atoms with E-state index in [1.165, 1.54) is 4.68 Å². The van der Waals surface area contributed by atoms with Crippen LogP contribution in [-0.2, 0) is 11.3 Å². The van der Waals surface area contributed by atoms with Crippen molar-refractivity contribution >= 4 is 28.4 Å². The van der Waals surface area contributed by atoms with Crippen molar-refractivity contribution in [3.63, 3.8) is 0 Å². The Morgan fingerprint density at radius 2 is 1.75 bits per heavy atom. The van der Waals surface area contributed by atoms with E-state index in [4.69, 9.17) is 11.6 Å². The van der Waals surface area contributed by atoms with Gasteiger partial charge >= 0.3 is 0 Å².